The van der Waals surface area contributed by atoms with Crippen molar-refractivity contribution in [3.8, 4) is 0 Å². The average molecular weight is 287 g/mol. The molecule has 0 radical (unpaired) electrons. The molecule has 0 saturated carbocycles. The first-order chi connectivity index (χ1) is 9.61. The monoisotopic (exact) mass is 287 g/mol. The van der Waals surface area contributed by atoms with Crippen molar-refractivity contribution in [3.05, 3.63) is 63.7 Å². The topological polar surface area (TPSA) is 73.3 Å². The van der Waals surface area contributed by atoms with Crippen LogP contribution in [0.15, 0.2) is 50.5 Å². The number of nitrogens with two attached hydrogens (primary N) is 1. The van der Waals surface area contributed by atoms with E-state index in [1.165, 1.54) is 11.8 Å². The molecule has 1 amide bonds. The van der Waals surface area contributed by atoms with E-state index in [2.05, 4.69) is 0 Å². The smallest absolute Gasteiger partial charge is 0.350 e. The maximum absolute atomic E-state index is 11.8. The molecular formula is C15H13NO3S. The third-order valence-electron chi connectivity index (χ3n) is 2.64. The number of hydrogen-bond donors (Lipinski definition) is 1. The molecule has 1 aromatic carbocycles. The summed E-state index contributed by atoms with van der Waals surface area (Å²) in [5, 5.41) is 0. The van der Waals surface area contributed by atoms with E-state index >= 15 is 0 Å². The summed E-state index contributed by atoms with van der Waals surface area (Å²) in [7, 11) is 0. The maximum atomic E-state index is 11.8. The third-order valence-corrected chi connectivity index (χ3v) is 3.40. The van der Waals surface area contributed by atoms with Crippen LogP contribution < -0.4 is 11.4 Å². The van der Waals surface area contributed by atoms with Gasteiger partial charge in [-0.05, 0) is 24.0 Å². The van der Waals surface area contributed by atoms with Gasteiger partial charge in [-0.2, -0.15) is 0 Å². The number of benzene rings is 1. The molecule has 2 rings (SSSR count). The van der Waals surface area contributed by atoms with Gasteiger partial charge in [0, 0.05) is 4.90 Å². The summed E-state index contributed by atoms with van der Waals surface area (Å²) in [6.45, 7) is 0. The normalized spacial score (nSPS) is 10.8. The second-order valence-electron chi connectivity index (χ2n) is 3.99. The molecule has 0 aliphatic heterocycles. The van der Waals surface area contributed by atoms with Crippen LogP contribution in [0.4, 0.5) is 0 Å². The minimum absolute atomic E-state index is 0.102. The van der Waals surface area contributed by atoms with E-state index in [9.17, 15) is 9.59 Å². The number of amides is 1. The van der Waals surface area contributed by atoms with Gasteiger partial charge in [0.25, 0.3) is 5.91 Å². The molecule has 0 bridgehead atoms. The number of primary amides is 1. The summed E-state index contributed by atoms with van der Waals surface area (Å²) >= 11 is 1.28. The van der Waals surface area contributed by atoms with Gasteiger partial charge in [-0.25, -0.2) is 4.79 Å². The van der Waals surface area contributed by atoms with E-state index in [-0.39, 0.29) is 5.56 Å². The molecule has 0 unspecified atom stereocenters. The van der Waals surface area contributed by atoms with E-state index in [1.54, 1.807) is 18.4 Å². The molecule has 0 aliphatic rings. The highest BCUT2D eigenvalue weighted by Crippen LogP contribution is 2.20. The average Bonchev–Trinajstić information content (AvgIpc) is 2.45. The van der Waals surface area contributed by atoms with Crippen molar-refractivity contribution < 1.29 is 9.21 Å². The van der Waals surface area contributed by atoms with E-state index in [0.29, 0.717) is 10.7 Å². The Labute approximate surface area is 120 Å². The second kappa shape index (κ2) is 6.25. The molecule has 20 heavy (non-hydrogen) atoms. The van der Waals surface area contributed by atoms with Crippen LogP contribution in [-0.4, -0.2) is 12.2 Å². The van der Waals surface area contributed by atoms with E-state index in [1.807, 2.05) is 36.4 Å². The fraction of sp³-hybridized carbons (Fsp3) is 0.0667. The molecule has 4 nitrogen and oxygen atoms in total. The molecular weight excluding hydrogens is 274 g/mol. The Morgan fingerprint density at radius 1 is 1.25 bits per heavy atom. The number of hydrogen-bond acceptors (Lipinski definition) is 4. The van der Waals surface area contributed by atoms with Crippen LogP contribution in [0.1, 0.15) is 21.7 Å². The molecule has 5 heteroatoms. The molecule has 1 aromatic heterocycles. The highest BCUT2D eigenvalue weighted by Gasteiger charge is 2.15. The Balaban J connectivity index is 2.40. The molecule has 0 saturated heterocycles. The van der Waals surface area contributed by atoms with Crippen LogP contribution in [0, 0.1) is 0 Å². The number of carbonyl (C=O) groups is 1. The fourth-order valence-corrected chi connectivity index (χ4v) is 2.32. The van der Waals surface area contributed by atoms with Crippen molar-refractivity contribution >= 4 is 29.8 Å². The summed E-state index contributed by atoms with van der Waals surface area (Å²) < 4.78 is 5.08. The highest BCUT2D eigenvalue weighted by atomic mass is 32.2. The van der Waals surface area contributed by atoms with Crippen molar-refractivity contribution in [1.82, 2.24) is 0 Å². The first-order valence-corrected chi connectivity index (χ1v) is 7.09. The van der Waals surface area contributed by atoms with E-state index in [4.69, 9.17) is 10.2 Å². The predicted octanol–water partition coefficient (Wildman–Crippen LogP) is 2.63. The zero-order valence-corrected chi connectivity index (χ0v) is 11.6. The SMILES string of the molecule is CSc1cc(/C=C/c2ccccc2)oc(=O)c1C(N)=O. The lowest BCUT2D eigenvalue weighted by atomic mass is 10.2. The molecule has 0 atom stereocenters. The quantitative estimate of drug-likeness (QED) is 0.877. The molecule has 1 heterocycles. The van der Waals surface area contributed by atoms with Crippen LogP contribution in [0.25, 0.3) is 12.2 Å². The van der Waals surface area contributed by atoms with Gasteiger partial charge in [0.05, 0.1) is 0 Å². The minimum atomic E-state index is -0.776. The number of carbonyl (C=O) groups excluding carboxylic acids is 1. The number of rotatable bonds is 4. The zero-order chi connectivity index (χ0) is 14.5. The summed E-state index contributed by atoms with van der Waals surface area (Å²) in [4.78, 5) is 23.5. The van der Waals surface area contributed by atoms with Gasteiger partial charge in [-0.15, -0.1) is 11.8 Å². The Kier molecular flexibility index (Phi) is 4.42. The van der Waals surface area contributed by atoms with Crippen LogP contribution >= 0.6 is 11.8 Å². The largest absolute Gasteiger partial charge is 0.423 e. The number of thioether (sulfide) groups is 1. The van der Waals surface area contributed by atoms with Crippen molar-refractivity contribution in [3.63, 3.8) is 0 Å². The Hall–Kier alpha value is -2.27. The summed E-state index contributed by atoms with van der Waals surface area (Å²) in [5.41, 5.74) is 5.35. The summed E-state index contributed by atoms with van der Waals surface area (Å²) in [5.74, 6) is -0.394. The minimum Gasteiger partial charge on any atom is -0.423 e. The molecule has 102 valence electrons. The zero-order valence-electron chi connectivity index (χ0n) is 10.8. The molecule has 0 aliphatic carbocycles. The Morgan fingerprint density at radius 3 is 2.55 bits per heavy atom. The van der Waals surface area contributed by atoms with Crippen molar-refractivity contribution in [2.75, 3.05) is 6.26 Å². The Bertz CT molecular complexity index is 705. The maximum Gasteiger partial charge on any atom is 0.350 e. The summed E-state index contributed by atoms with van der Waals surface area (Å²) in [6.07, 6.45) is 5.28. The fourth-order valence-electron chi connectivity index (χ4n) is 1.70. The lowest BCUT2D eigenvalue weighted by Crippen LogP contribution is -2.22. The van der Waals surface area contributed by atoms with Gasteiger partial charge in [-0.1, -0.05) is 36.4 Å². The van der Waals surface area contributed by atoms with Gasteiger partial charge in [0.15, 0.2) is 0 Å². The van der Waals surface area contributed by atoms with Gasteiger partial charge >= 0.3 is 5.63 Å². The molecule has 0 fully saturated rings. The molecule has 2 N–H and O–H groups in total. The van der Waals surface area contributed by atoms with Gasteiger partial charge in [0.1, 0.15) is 11.3 Å². The van der Waals surface area contributed by atoms with Crippen LogP contribution in [0.3, 0.4) is 0 Å². The van der Waals surface area contributed by atoms with E-state index in [0.717, 1.165) is 5.56 Å². The first kappa shape index (κ1) is 14.1. The molecule has 2 aromatic rings. The first-order valence-electron chi connectivity index (χ1n) is 5.87. The summed E-state index contributed by atoms with van der Waals surface area (Å²) in [6, 6.07) is 11.2. The van der Waals surface area contributed by atoms with Crippen molar-refractivity contribution in [1.29, 1.82) is 0 Å². The van der Waals surface area contributed by atoms with Gasteiger partial charge in [-0.3, -0.25) is 4.79 Å². The second-order valence-corrected chi connectivity index (χ2v) is 4.84. The van der Waals surface area contributed by atoms with Crippen LogP contribution in [0.2, 0.25) is 0 Å². The third kappa shape index (κ3) is 3.19. The predicted molar refractivity (Wildman–Crippen MR) is 80.6 cm³/mol. The van der Waals surface area contributed by atoms with Gasteiger partial charge < -0.3 is 10.2 Å². The molecule has 0 spiro atoms. The van der Waals surface area contributed by atoms with Crippen LogP contribution in [0.5, 0.6) is 0 Å². The van der Waals surface area contributed by atoms with Crippen molar-refractivity contribution in [2.45, 2.75) is 4.90 Å². The van der Waals surface area contributed by atoms with Crippen LogP contribution in [-0.2, 0) is 0 Å². The van der Waals surface area contributed by atoms with Crippen molar-refractivity contribution in [2.24, 2.45) is 5.73 Å². The Morgan fingerprint density at radius 2 is 1.95 bits per heavy atom. The lowest BCUT2D eigenvalue weighted by Gasteiger charge is -2.03. The lowest BCUT2D eigenvalue weighted by molar-refractivity contribution is 0.0993. The van der Waals surface area contributed by atoms with Gasteiger partial charge in [0.2, 0.25) is 0 Å². The highest BCUT2D eigenvalue weighted by molar-refractivity contribution is 7.98. The standard InChI is InChI=1S/C15H13NO3S/c1-20-12-9-11(19-15(18)13(12)14(16)17)8-7-10-5-3-2-4-6-10/h2-9H,1H3,(H2,16,17)/b8-7+. The van der Waals surface area contributed by atoms with E-state index < -0.39 is 11.5 Å².